The van der Waals surface area contributed by atoms with E-state index in [9.17, 15) is 13.2 Å². The fourth-order valence-electron chi connectivity index (χ4n) is 2.29. The van der Waals surface area contributed by atoms with Crippen molar-refractivity contribution in [3.05, 3.63) is 42.6 Å². The predicted octanol–water partition coefficient (Wildman–Crippen LogP) is 3.41. The first-order valence-electron chi connectivity index (χ1n) is 7.95. The van der Waals surface area contributed by atoms with E-state index in [1.807, 2.05) is 6.92 Å². The van der Waals surface area contributed by atoms with Crippen LogP contribution in [0.3, 0.4) is 0 Å². The van der Waals surface area contributed by atoms with Crippen molar-refractivity contribution in [2.24, 2.45) is 5.73 Å². The van der Waals surface area contributed by atoms with Crippen LogP contribution in [0.15, 0.2) is 42.6 Å². The molecule has 2 N–H and O–H groups in total. The molecule has 3 aromatic rings. The summed E-state index contributed by atoms with van der Waals surface area (Å²) in [6.45, 7) is 2.27. The standard InChI is InChI=1S/C17H17F3N4O2/c1-2-12(21)10-25-16-7-6-15-22-9-14(24(15)23-16)11-4-3-5-13(8-11)26-17(18,19)20/h3-9,12H,2,10,21H2,1H3/t12-/m0/s1. The molecule has 0 bridgehead atoms. The number of halogens is 3. The molecule has 3 rings (SSSR count). The highest BCUT2D eigenvalue weighted by Crippen LogP contribution is 2.28. The number of hydrogen-bond acceptors (Lipinski definition) is 5. The van der Waals surface area contributed by atoms with Crippen molar-refractivity contribution < 1.29 is 22.6 Å². The lowest BCUT2D eigenvalue weighted by Crippen LogP contribution is -2.27. The number of nitrogens with zero attached hydrogens (tertiary/aromatic N) is 3. The summed E-state index contributed by atoms with van der Waals surface area (Å²) in [5.74, 6) is 0.0367. The maximum absolute atomic E-state index is 12.4. The van der Waals surface area contributed by atoms with Crippen LogP contribution in [-0.2, 0) is 0 Å². The molecule has 1 atom stereocenters. The molecule has 0 aliphatic carbocycles. The topological polar surface area (TPSA) is 74.7 Å². The summed E-state index contributed by atoms with van der Waals surface area (Å²) in [5, 5.41) is 4.34. The van der Waals surface area contributed by atoms with Crippen LogP contribution >= 0.6 is 0 Å². The fraction of sp³-hybridized carbons (Fsp3) is 0.294. The number of fused-ring (bicyclic) bond motifs is 1. The van der Waals surface area contributed by atoms with Gasteiger partial charge in [-0.1, -0.05) is 19.1 Å². The van der Waals surface area contributed by atoms with Crippen molar-refractivity contribution in [3.8, 4) is 22.9 Å². The molecule has 138 valence electrons. The molecule has 6 nitrogen and oxygen atoms in total. The van der Waals surface area contributed by atoms with E-state index in [4.69, 9.17) is 10.5 Å². The molecule has 0 saturated carbocycles. The van der Waals surface area contributed by atoms with Gasteiger partial charge in [0, 0.05) is 17.7 Å². The average molecular weight is 366 g/mol. The molecule has 2 aromatic heterocycles. The van der Waals surface area contributed by atoms with Gasteiger partial charge in [-0.3, -0.25) is 0 Å². The average Bonchev–Trinajstić information content (AvgIpc) is 3.01. The van der Waals surface area contributed by atoms with Crippen LogP contribution in [0.25, 0.3) is 16.9 Å². The number of nitrogens with two attached hydrogens (primary N) is 1. The minimum absolute atomic E-state index is 0.106. The van der Waals surface area contributed by atoms with Crippen molar-refractivity contribution in [3.63, 3.8) is 0 Å². The summed E-state index contributed by atoms with van der Waals surface area (Å²) >= 11 is 0. The maximum Gasteiger partial charge on any atom is 0.573 e. The van der Waals surface area contributed by atoms with Crippen LogP contribution < -0.4 is 15.2 Å². The van der Waals surface area contributed by atoms with E-state index in [1.165, 1.54) is 28.9 Å². The van der Waals surface area contributed by atoms with E-state index < -0.39 is 6.36 Å². The Morgan fingerprint density at radius 2 is 2.04 bits per heavy atom. The number of benzene rings is 1. The van der Waals surface area contributed by atoms with Crippen molar-refractivity contribution in [2.45, 2.75) is 25.7 Å². The summed E-state index contributed by atoms with van der Waals surface area (Å²) in [4.78, 5) is 4.21. The zero-order chi connectivity index (χ0) is 18.7. The van der Waals surface area contributed by atoms with Crippen LogP contribution in [0.1, 0.15) is 13.3 Å². The Balaban J connectivity index is 1.91. The van der Waals surface area contributed by atoms with E-state index in [0.717, 1.165) is 6.42 Å². The molecule has 0 unspecified atom stereocenters. The first-order chi connectivity index (χ1) is 12.4. The number of ether oxygens (including phenoxy) is 2. The first-order valence-corrected chi connectivity index (χ1v) is 7.95. The highest BCUT2D eigenvalue weighted by atomic mass is 19.4. The molecule has 0 aliphatic rings. The lowest BCUT2D eigenvalue weighted by atomic mass is 10.1. The second-order valence-electron chi connectivity index (χ2n) is 5.64. The zero-order valence-corrected chi connectivity index (χ0v) is 13.9. The summed E-state index contributed by atoms with van der Waals surface area (Å²) in [7, 11) is 0. The van der Waals surface area contributed by atoms with Gasteiger partial charge in [-0.25, -0.2) is 9.50 Å². The molecule has 0 spiro atoms. The minimum Gasteiger partial charge on any atom is -0.475 e. The van der Waals surface area contributed by atoms with Gasteiger partial charge < -0.3 is 15.2 Å². The summed E-state index contributed by atoms with van der Waals surface area (Å²) < 4.78 is 48.3. The second kappa shape index (κ2) is 7.20. The third-order valence-electron chi connectivity index (χ3n) is 3.67. The number of hydrogen-bond donors (Lipinski definition) is 1. The SMILES string of the molecule is CC[C@H](N)COc1ccc2ncc(-c3cccc(OC(F)(F)F)c3)n2n1. The molecule has 0 aliphatic heterocycles. The molecular weight excluding hydrogens is 349 g/mol. The smallest absolute Gasteiger partial charge is 0.475 e. The molecule has 0 radical (unpaired) electrons. The van der Waals surface area contributed by atoms with Crippen LogP contribution in [0.2, 0.25) is 0 Å². The number of rotatable bonds is 6. The molecule has 1 aromatic carbocycles. The summed E-state index contributed by atoms with van der Waals surface area (Å²) in [6.07, 6.45) is -2.46. The Kier molecular flexibility index (Phi) is 4.99. The maximum atomic E-state index is 12.4. The first kappa shape index (κ1) is 18.0. The van der Waals surface area contributed by atoms with Gasteiger partial charge >= 0.3 is 6.36 Å². The van der Waals surface area contributed by atoms with Crippen molar-refractivity contribution in [1.29, 1.82) is 0 Å². The van der Waals surface area contributed by atoms with E-state index in [-0.39, 0.29) is 11.8 Å². The van der Waals surface area contributed by atoms with Crippen LogP contribution in [-0.4, -0.2) is 33.6 Å². The Hall–Kier alpha value is -2.81. The molecule has 0 fully saturated rings. The normalized spacial score (nSPS) is 13.0. The van der Waals surface area contributed by atoms with E-state index in [0.29, 0.717) is 29.4 Å². The molecule has 0 amide bonds. The van der Waals surface area contributed by atoms with E-state index in [1.54, 1.807) is 18.2 Å². The van der Waals surface area contributed by atoms with Gasteiger partial charge in [0.25, 0.3) is 0 Å². The van der Waals surface area contributed by atoms with Gasteiger partial charge in [0.2, 0.25) is 5.88 Å². The van der Waals surface area contributed by atoms with Gasteiger partial charge in [0.05, 0.1) is 11.9 Å². The second-order valence-corrected chi connectivity index (χ2v) is 5.64. The third-order valence-corrected chi connectivity index (χ3v) is 3.67. The zero-order valence-electron chi connectivity index (χ0n) is 13.9. The van der Waals surface area contributed by atoms with Gasteiger partial charge in [-0.05, 0) is 24.6 Å². The Labute approximate surface area is 147 Å². The molecular formula is C17H17F3N4O2. The molecule has 26 heavy (non-hydrogen) atoms. The summed E-state index contributed by atoms with van der Waals surface area (Å²) in [6, 6.07) is 8.89. The van der Waals surface area contributed by atoms with E-state index in [2.05, 4.69) is 14.8 Å². The highest BCUT2D eigenvalue weighted by Gasteiger charge is 2.31. The number of alkyl halides is 3. The van der Waals surface area contributed by atoms with E-state index >= 15 is 0 Å². The molecule has 2 heterocycles. The van der Waals surface area contributed by atoms with Crippen LogP contribution in [0, 0.1) is 0 Å². The lowest BCUT2D eigenvalue weighted by molar-refractivity contribution is -0.274. The van der Waals surface area contributed by atoms with Crippen LogP contribution in [0.5, 0.6) is 11.6 Å². The van der Waals surface area contributed by atoms with Gasteiger partial charge in [-0.15, -0.1) is 18.3 Å². The monoisotopic (exact) mass is 366 g/mol. The quantitative estimate of drug-likeness (QED) is 0.724. The largest absolute Gasteiger partial charge is 0.573 e. The number of aromatic nitrogens is 3. The van der Waals surface area contributed by atoms with Gasteiger partial charge in [0.1, 0.15) is 12.4 Å². The summed E-state index contributed by atoms with van der Waals surface area (Å²) in [5.41, 5.74) is 7.35. The van der Waals surface area contributed by atoms with Gasteiger partial charge in [0.15, 0.2) is 5.65 Å². The molecule has 0 saturated heterocycles. The predicted molar refractivity (Wildman–Crippen MR) is 88.9 cm³/mol. The minimum atomic E-state index is -4.75. The third kappa shape index (κ3) is 4.23. The Morgan fingerprint density at radius 1 is 1.23 bits per heavy atom. The van der Waals surface area contributed by atoms with Crippen LogP contribution in [0.4, 0.5) is 13.2 Å². The highest BCUT2D eigenvalue weighted by molar-refractivity contribution is 5.64. The van der Waals surface area contributed by atoms with Crippen molar-refractivity contribution >= 4 is 5.65 Å². The van der Waals surface area contributed by atoms with Crippen molar-refractivity contribution in [1.82, 2.24) is 14.6 Å². The fourth-order valence-corrected chi connectivity index (χ4v) is 2.29. The van der Waals surface area contributed by atoms with Gasteiger partial charge in [-0.2, -0.15) is 0 Å². The molecule has 9 heteroatoms. The number of imidazole rings is 1. The lowest BCUT2D eigenvalue weighted by Gasteiger charge is -2.11. The van der Waals surface area contributed by atoms with Crippen molar-refractivity contribution in [2.75, 3.05) is 6.61 Å². The Bertz CT molecular complexity index is 895. The Morgan fingerprint density at radius 3 is 2.77 bits per heavy atom.